The van der Waals surface area contributed by atoms with Crippen molar-refractivity contribution in [2.45, 2.75) is 30.1 Å². The maximum atomic E-state index is 12.8. The largest absolute Gasteiger partial charge is 0.573 e. The van der Waals surface area contributed by atoms with Crippen molar-refractivity contribution in [2.75, 3.05) is 6.54 Å². The SMILES string of the molecule is O=S(=O)(c1ccc(OC(F)(F)F)cc1)N1CCCC1c1ccc[nH]1. The minimum absolute atomic E-state index is 0.0597. The van der Waals surface area contributed by atoms with E-state index in [2.05, 4.69) is 9.72 Å². The van der Waals surface area contributed by atoms with Crippen molar-refractivity contribution in [3.05, 3.63) is 48.3 Å². The second-order valence-corrected chi connectivity index (χ2v) is 7.31. The molecule has 0 spiro atoms. The smallest absolute Gasteiger partial charge is 0.406 e. The highest BCUT2D eigenvalue weighted by atomic mass is 32.2. The second-order valence-electron chi connectivity index (χ2n) is 5.42. The number of sulfonamides is 1. The molecule has 1 saturated heterocycles. The van der Waals surface area contributed by atoms with Gasteiger partial charge in [0.25, 0.3) is 0 Å². The van der Waals surface area contributed by atoms with E-state index >= 15 is 0 Å². The Morgan fingerprint density at radius 3 is 2.46 bits per heavy atom. The van der Waals surface area contributed by atoms with Crippen LogP contribution in [0.1, 0.15) is 24.6 Å². The van der Waals surface area contributed by atoms with Gasteiger partial charge in [0.15, 0.2) is 0 Å². The zero-order chi connectivity index (χ0) is 17.4. The van der Waals surface area contributed by atoms with Gasteiger partial charge in [-0.05, 0) is 49.2 Å². The van der Waals surface area contributed by atoms with Gasteiger partial charge in [0.05, 0.1) is 10.9 Å². The molecule has 9 heteroatoms. The topological polar surface area (TPSA) is 62.4 Å². The summed E-state index contributed by atoms with van der Waals surface area (Å²) < 4.78 is 67.2. The molecule has 0 aliphatic carbocycles. The molecule has 0 radical (unpaired) electrons. The van der Waals surface area contributed by atoms with E-state index in [0.717, 1.165) is 36.4 Å². The molecule has 2 aromatic rings. The molecule has 1 N–H and O–H groups in total. The zero-order valence-electron chi connectivity index (χ0n) is 12.5. The first kappa shape index (κ1) is 16.8. The number of rotatable bonds is 4. The van der Waals surface area contributed by atoms with Crippen LogP contribution in [0, 0.1) is 0 Å². The van der Waals surface area contributed by atoms with Crippen LogP contribution in [0.3, 0.4) is 0 Å². The molecule has 1 aromatic carbocycles. The fourth-order valence-electron chi connectivity index (χ4n) is 2.84. The Morgan fingerprint density at radius 2 is 1.88 bits per heavy atom. The second kappa shape index (κ2) is 6.14. The molecule has 0 amide bonds. The van der Waals surface area contributed by atoms with Crippen LogP contribution in [0.4, 0.5) is 13.2 Å². The molecule has 130 valence electrons. The average Bonchev–Trinajstić information content (AvgIpc) is 3.17. The van der Waals surface area contributed by atoms with Crippen LogP contribution in [-0.4, -0.2) is 30.6 Å². The molecule has 1 aliphatic heterocycles. The van der Waals surface area contributed by atoms with Crippen LogP contribution in [0.15, 0.2) is 47.5 Å². The first-order chi connectivity index (χ1) is 11.3. The lowest BCUT2D eigenvalue weighted by Gasteiger charge is -2.23. The van der Waals surface area contributed by atoms with Crippen molar-refractivity contribution in [1.29, 1.82) is 0 Å². The van der Waals surface area contributed by atoms with E-state index < -0.39 is 22.1 Å². The number of aromatic nitrogens is 1. The van der Waals surface area contributed by atoms with Gasteiger partial charge in [-0.25, -0.2) is 8.42 Å². The summed E-state index contributed by atoms with van der Waals surface area (Å²) in [5.41, 5.74) is 0.799. The maximum absolute atomic E-state index is 12.8. The molecule has 1 unspecified atom stereocenters. The Kier molecular flexibility index (Phi) is 4.31. The van der Waals surface area contributed by atoms with Crippen LogP contribution in [0.25, 0.3) is 0 Å². The monoisotopic (exact) mass is 360 g/mol. The first-order valence-corrected chi connectivity index (χ1v) is 8.72. The van der Waals surface area contributed by atoms with Gasteiger partial charge in [-0.3, -0.25) is 0 Å². The summed E-state index contributed by atoms with van der Waals surface area (Å²) in [6.07, 6.45) is -1.68. The molecule has 1 aliphatic rings. The normalized spacial score (nSPS) is 19.5. The molecular formula is C15H15F3N2O3S. The number of benzene rings is 1. The summed E-state index contributed by atoms with van der Waals surface area (Å²) in [6.45, 7) is 0.368. The third-order valence-corrected chi connectivity index (χ3v) is 5.77. The molecular weight excluding hydrogens is 345 g/mol. The maximum Gasteiger partial charge on any atom is 0.573 e. The minimum Gasteiger partial charge on any atom is -0.406 e. The molecule has 2 heterocycles. The molecule has 5 nitrogen and oxygen atoms in total. The Balaban J connectivity index is 1.85. The van der Waals surface area contributed by atoms with E-state index in [4.69, 9.17) is 0 Å². The van der Waals surface area contributed by atoms with E-state index in [0.29, 0.717) is 13.0 Å². The summed E-state index contributed by atoms with van der Waals surface area (Å²) >= 11 is 0. The highest BCUT2D eigenvalue weighted by Crippen LogP contribution is 2.36. The molecule has 3 rings (SSSR count). The third-order valence-electron chi connectivity index (χ3n) is 3.85. The Labute approximate surface area is 137 Å². The van der Waals surface area contributed by atoms with Crippen molar-refractivity contribution in [1.82, 2.24) is 9.29 Å². The molecule has 24 heavy (non-hydrogen) atoms. The molecule has 0 bridgehead atoms. The lowest BCUT2D eigenvalue weighted by molar-refractivity contribution is -0.274. The summed E-state index contributed by atoms with van der Waals surface area (Å²) in [4.78, 5) is 2.96. The number of hydrogen-bond acceptors (Lipinski definition) is 3. The lowest BCUT2D eigenvalue weighted by Crippen LogP contribution is -2.30. The Bertz CT molecular complexity index is 786. The molecule has 0 saturated carbocycles. The highest BCUT2D eigenvalue weighted by Gasteiger charge is 2.37. The van der Waals surface area contributed by atoms with Crippen LogP contribution >= 0.6 is 0 Å². The summed E-state index contributed by atoms with van der Waals surface area (Å²) in [7, 11) is -3.80. The number of ether oxygens (including phenoxy) is 1. The van der Waals surface area contributed by atoms with Crippen LogP contribution in [0.2, 0.25) is 0 Å². The quantitative estimate of drug-likeness (QED) is 0.909. The van der Waals surface area contributed by atoms with E-state index in [-0.39, 0.29) is 10.9 Å². The van der Waals surface area contributed by atoms with E-state index in [1.54, 1.807) is 12.3 Å². The molecule has 1 atom stereocenters. The van der Waals surface area contributed by atoms with Gasteiger partial charge in [-0.2, -0.15) is 4.31 Å². The van der Waals surface area contributed by atoms with Crippen LogP contribution in [-0.2, 0) is 10.0 Å². The Morgan fingerprint density at radius 1 is 1.17 bits per heavy atom. The van der Waals surface area contributed by atoms with Crippen molar-refractivity contribution in [3.63, 3.8) is 0 Å². The number of nitrogens with one attached hydrogen (secondary N) is 1. The van der Waals surface area contributed by atoms with Crippen LogP contribution in [0.5, 0.6) is 5.75 Å². The number of aromatic amines is 1. The number of alkyl halides is 3. The number of hydrogen-bond donors (Lipinski definition) is 1. The molecule has 1 aromatic heterocycles. The van der Waals surface area contributed by atoms with Crippen LogP contribution < -0.4 is 4.74 Å². The van der Waals surface area contributed by atoms with Gasteiger partial charge in [-0.15, -0.1) is 13.2 Å². The fourth-order valence-corrected chi connectivity index (χ4v) is 4.51. The van der Waals surface area contributed by atoms with Gasteiger partial charge >= 0.3 is 6.36 Å². The predicted octanol–water partition coefficient (Wildman–Crippen LogP) is 3.44. The summed E-state index contributed by atoms with van der Waals surface area (Å²) in [6, 6.07) is 7.57. The van der Waals surface area contributed by atoms with Gasteiger partial charge in [0.2, 0.25) is 10.0 Å². The van der Waals surface area contributed by atoms with E-state index in [1.165, 1.54) is 4.31 Å². The molecule has 1 fully saturated rings. The lowest BCUT2D eigenvalue weighted by atomic mass is 10.2. The zero-order valence-corrected chi connectivity index (χ0v) is 13.3. The van der Waals surface area contributed by atoms with Crippen molar-refractivity contribution >= 4 is 10.0 Å². The van der Waals surface area contributed by atoms with Gasteiger partial charge in [-0.1, -0.05) is 0 Å². The number of H-pyrrole nitrogens is 1. The van der Waals surface area contributed by atoms with Crippen molar-refractivity contribution in [2.24, 2.45) is 0 Å². The van der Waals surface area contributed by atoms with E-state index in [9.17, 15) is 21.6 Å². The van der Waals surface area contributed by atoms with E-state index in [1.807, 2.05) is 6.07 Å². The summed E-state index contributed by atoms with van der Waals surface area (Å²) in [5.74, 6) is -0.455. The first-order valence-electron chi connectivity index (χ1n) is 7.28. The van der Waals surface area contributed by atoms with Gasteiger partial charge in [0, 0.05) is 18.4 Å². The number of nitrogens with zero attached hydrogens (tertiary/aromatic N) is 1. The standard InChI is InChI=1S/C15H15F3N2O3S/c16-15(17,18)23-11-5-7-12(8-6-11)24(21,22)20-10-2-4-14(20)13-3-1-9-19-13/h1,3,5-9,14,19H,2,4,10H2. The highest BCUT2D eigenvalue weighted by molar-refractivity contribution is 7.89. The predicted molar refractivity (Wildman–Crippen MR) is 79.8 cm³/mol. The average molecular weight is 360 g/mol. The Hall–Kier alpha value is -2.00. The van der Waals surface area contributed by atoms with Gasteiger partial charge < -0.3 is 9.72 Å². The third kappa shape index (κ3) is 3.41. The van der Waals surface area contributed by atoms with Gasteiger partial charge in [0.1, 0.15) is 5.75 Å². The van der Waals surface area contributed by atoms with Crippen molar-refractivity contribution < 1.29 is 26.3 Å². The van der Waals surface area contributed by atoms with Crippen molar-refractivity contribution in [3.8, 4) is 5.75 Å². The number of halogens is 3. The minimum atomic E-state index is -4.81. The fraction of sp³-hybridized carbons (Fsp3) is 0.333. The summed E-state index contributed by atoms with van der Waals surface area (Å²) in [5, 5.41) is 0.